The smallest absolute Gasteiger partial charge is 0.254 e. The number of rotatable bonds is 4. The summed E-state index contributed by atoms with van der Waals surface area (Å²) in [7, 11) is 0. The maximum atomic E-state index is 12.6. The minimum Gasteiger partial charge on any atom is -0.493 e. The maximum absolute atomic E-state index is 12.6. The molecule has 1 heterocycles. The van der Waals surface area contributed by atoms with Crippen molar-refractivity contribution in [1.82, 2.24) is 10.2 Å². The van der Waals surface area contributed by atoms with Crippen LogP contribution in [0.2, 0.25) is 0 Å². The van der Waals surface area contributed by atoms with Gasteiger partial charge in [0.15, 0.2) is 0 Å². The number of hydrogen-bond donors (Lipinski definition) is 1. The predicted octanol–water partition coefficient (Wildman–Crippen LogP) is 2.14. The second-order valence-corrected chi connectivity index (χ2v) is 5.25. The standard InChI is InChI=1S/C16H24N2O2/c1-4-11-20-15-6-5-14(12(2)13(15)3)16(19)18-9-7-17-8-10-18/h5-6,17H,4,7-11H2,1-3H3. The zero-order chi connectivity index (χ0) is 14.5. The molecule has 1 fully saturated rings. The summed E-state index contributed by atoms with van der Waals surface area (Å²) >= 11 is 0. The quantitative estimate of drug-likeness (QED) is 0.916. The van der Waals surface area contributed by atoms with E-state index in [-0.39, 0.29) is 5.91 Å². The highest BCUT2D eigenvalue weighted by molar-refractivity contribution is 5.96. The number of piperazine rings is 1. The van der Waals surface area contributed by atoms with Gasteiger partial charge < -0.3 is 15.0 Å². The van der Waals surface area contributed by atoms with Gasteiger partial charge in [-0.2, -0.15) is 0 Å². The molecular formula is C16H24N2O2. The number of benzene rings is 1. The lowest BCUT2D eigenvalue weighted by molar-refractivity contribution is 0.0735. The lowest BCUT2D eigenvalue weighted by atomic mass is 10.0. The molecule has 1 aromatic rings. The summed E-state index contributed by atoms with van der Waals surface area (Å²) in [6.45, 7) is 10.1. The van der Waals surface area contributed by atoms with Gasteiger partial charge >= 0.3 is 0 Å². The highest BCUT2D eigenvalue weighted by atomic mass is 16.5. The summed E-state index contributed by atoms with van der Waals surface area (Å²) in [5.74, 6) is 1.02. The van der Waals surface area contributed by atoms with E-state index >= 15 is 0 Å². The van der Waals surface area contributed by atoms with Gasteiger partial charge in [-0.15, -0.1) is 0 Å². The van der Waals surface area contributed by atoms with Crippen LogP contribution in [0, 0.1) is 13.8 Å². The second kappa shape index (κ2) is 6.75. The fraction of sp³-hybridized carbons (Fsp3) is 0.562. The summed E-state index contributed by atoms with van der Waals surface area (Å²) in [6, 6.07) is 3.82. The molecule has 0 saturated carbocycles. The van der Waals surface area contributed by atoms with E-state index in [4.69, 9.17) is 4.74 Å². The molecule has 0 spiro atoms. The minimum atomic E-state index is 0.133. The molecule has 2 rings (SSSR count). The van der Waals surface area contributed by atoms with Gasteiger partial charge in [-0.1, -0.05) is 6.92 Å². The number of carbonyl (C=O) groups is 1. The Hall–Kier alpha value is -1.55. The lowest BCUT2D eigenvalue weighted by Gasteiger charge is -2.28. The van der Waals surface area contributed by atoms with Crippen LogP contribution >= 0.6 is 0 Å². The third-order valence-corrected chi connectivity index (χ3v) is 3.83. The molecule has 0 unspecified atom stereocenters. The van der Waals surface area contributed by atoms with Gasteiger partial charge in [0.2, 0.25) is 0 Å². The van der Waals surface area contributed by atoms with Crippen molar-refractivity contribution in [2.45, 2.75) is 27.2 Å². The van der Waals surface area contributed by atoms with Crippen LogP contribution in [0.3, 0.4) is 0 Å². The van der Waals surface area contributed by atoms with Gasteiger partial charge in [-0.25, -0.2) is 0 Å². The SMILES string of the molecule is CCCOc1ccc(C(=O)N2CCNCC2)c(C)c1C. The number of amides is 1. The van der Waals surface area contributed by atoms with Crippen molar-refractivity contribution in [3.63, 3.8) is 0 Å². The molecule has 0 atom stereocenters. The Morgan fingerprint density at radius 2 is 1.95 bits per heavy atom. The first kappa shape index (κ1) is 14.9. The molecule has 0 bridgehead atoms. The molecule has 1 saturated heterocycles. The molecule has 1 aromatic carbocycles. The van der Waals surface area contributed by atoms with Crippen molar-refractivity contribution in [2.75, 3.05) is 32.8 Å². The van der Waals surface area contributed by atoms with Gasteiger partial charge in [0.1, 0.15) is 5.75 Å². The van der Waals surface area contributed by atoms with Gasteiger partial charge in [-0.05, 0) is 43.5 Å². The molecule has 1 aliphatic heterocycles. The van der Waals surface area contributed by atoms with Gasteiger partial charge in [-0.3, -0.25) is 4.79 Å². The van der Waals surface area contributed by atoms with Crippen molar-refractivity contribution in [2.24, 2.45) is 0 Å². The monoisotopic (exact) mass is 276 g/mol. The summed E-state index contributed by atoms with van der Waals surface area (Å²) in [5, 5.41) is 3.27. The molecule has 20 heavy (non-hydrogen) atoms. The Labute approximate surface area is 121 Å². The third-order valence-electron chi connectivity index (χ3n) is 3.83. The van der Waals surface area contributed by atoms with E-state index in [1.54, 1.807) is 0 Å². The molecule has 4 nitrogen and oxygen atoms in total. The molecule has 1 aliphatic rings. The Bertz CT molecular complexity index is 480. The van der Waals surface area contributed by atoms with Crippen molar-refractivity contribution in [3.05, 3.63) is 28.8 Å². The zero-order valence-corrected chi connectivity index (χ0v) is 12.7. The first-order valence-corrected chi connectivity index (χ1v) is 7.38. The topological polar surface area (TPSA) is 41.6 Å². The Morgan fingerprint density at radius 1 is 1.25 bits per heavy atom. The van der Waals surface area contributed by atoms with E-state index in [1.165, 1.54) is 0 Å². The van der Waals surface area contributed by atoms with Crippen LogP contribution in [0.5, 0.6) is 5.75 Å². The zero-order valence-electron chi connectivity index (χ0n) is 12.7. The van der Waals surface area contributed by atoms with Gasteiger partial charge in [0.05, 0.1) is 6.61 Å². The molecule has 0 aromatic heterocycles. The molecule has 0 radical (unpaired) electrons. The average Bonchev–Trinajstić information content (AvgIpc) is 2.49. The Morgan fingerprint density at radius 3 is 2.60 bits per heavy atom. The van der Waals surface area contributed by atoms with E-state index in [0.717, 1.165) is 55.0 Å². The molecule has 1 N–H and O–H groups in total. The van der Waals surface area contributed by atoms with Crippen molar-refractivity contribution in [1.29, 1.82) is 0 Å². The molecule has 0 aliphatic carbocycles. The highest BCUT2D eigenvalue weighted by Crippen LogP contribution is 2.25. The minimum absolute atomic E-state index is 0.133. The highest BCUT2D eigenvalue weighted by Gasteiger charge is 2.20. The number of ether oxygens (including phenoxy) is 1. The van der Waals surface area contributed by atoms with Crippen molar-refractivity contribution >= 4 is 5.91 Å². The van der Waals surface area contributed by atoms with E-state index in [2.05, 4.69) is 12.2 Å². The maximum Gasteiger partial charge on any atom is 0.254 e. The molecule has 1 amide bonds. The average molecular weight is 276 g/mol. The van der Waals surface area contributed by atoms with Crippen molar-refractivity contribution in [3.8, 4) is 5.75 Å². The van der Waals surface area contributed by atoms with E-state index < -0.39 is 0 Å². The Balaban J connectivity index is 2.19. The summed E-state index contributed by atoms with van der Waals surface area (Å²) in [6.07, 6.45) is 0.986. The summed E-state index contributed by atoms with van der Waals surface area (Å²) in [5.41, 5.74) is 2.90. The summed E-state index contributed by atoms with van der Waals surface area (Å²) < 4.78 is 5.71. The molecule has 110 valence electrons. The second-order valence-electron chi connectivity index (χ2n) is 5.25. The van der Waals surface area contributed by atoms with E-state index in [0.29, 0.717) is 6.61 Å². The first-order valence-electron chi connectivity index (χ1n) is 7.38. The van der Waals surface area contributed by atoms with Crippen molar-refractivity contribution < 1.29 is 9.53 Å². The van der Waals surface area contributed by atoms with Gasteiger partial charge in [0, 0.05) is 31.7 Å². The predicted molar refractivity (Wildman–Crippen MR) is 80.5 cm³/mol. The Kier molecular flexibility index (Phi) is 5.01. The van der Waals surface area contributed by atoms with Gasteiger partial charge in [0.25, 0.3) is 5.91 Å². The van der Waals surface area contributed by atoms with Crippen LogP contribution in [-0.2, 0) is 0 Å². The largest absolute Gasteiger partial charge is 0.493 e. The van der Waals surface area contributed by atoms with E-state index in [9.17, 15) is 4.79 Å². The first-order chi connectivity index (χ1) is 9.65. The fourth-order valence-electron chi connectivity index (χ4n) is 2.43. The van der Waals surface area contributed by atoms with Crippen LogP contribution in [-0.4, -0.2) is 43.6 Å². The van der Waals surface area contributed by atoms with Crippen LogP contribution in [0.15, 0.2) is 12.1 Å². The van der Waals surface area contributed by atoms with Crippen LogP contribution in [0.1, 0.15) is 34.8 Å². The van der Waals surface area contributed by atoms with Crippen LogP contribution in [0.25, 0.3) is 0 Å². The van der Waals surface area contributed by atoms with E-state index in [1.807, 2.05) is 30.9 Å². The van der Waals surface area contributed by atoms with Crippen LogP contribution in [0.4, 0.5) is 0 Å². The number of carbonyl (C=O) groups excluding carboxylic acids is 1. The number of nitrogens with zero attached hydrogens (tertiary/aromatic N) is 1. The third kappa shape index (κ3) is 3.12. The fourth-order valence-corrected chi connectivity index (χ4v) is 2.43. The van der Waals surface area contributed by atoms with Crippen LogP contribution < -0.4 is 10.1 Å². The molecule has 4 heteroatoms. The number of hydrogen-bond acceptors (Lipinski definition) is 3. The lowest BCUT2D eigenvalue weighted by Crippen LogP contribution is -2.46. The normalized spacial score (nSPS) is 15.2. The summed E-state index contributed by atoms with van der Waals surface area (Å²) in [4.78, 5) is 14.5. The molecular weight excluding hydrogens is 252 g/mol. The number of nitrogens with one attached hydrogen (secondary N) is 1.